The van der Waals surface area contributed by atoms with E-state index < -0.39 is 9.84 Å². The Morgan fingerprint density at radius 1 is 1.29 bits per heavy atom. The van der Waals surface area contributed by atoms with Gasteiger partial charge in [-0.05, 0) is 12.1 Å². The van der Waals surface area contributed by atoms with Gasteiger partial charge in [0.05, 0.1) is 9.92 Å². The number of aldehydes is 1. The standard InChI is InChI=1S/C8H6Cl2O3S/c1-14(12,13)7-3-6(9)2-5(4-11)8(7)10/h2-4H,1H3. The molecule has 1 aromatic carbocycles. The van der Waals surface area contributed by atoms with Crippen LogP contribution in [0.4, 0.5) is 0 Å². The minimum atomic E-state index is -3.46. The molecular formula is C8H6Cl2O3S. The molecule has 1 rings (SSSR count). The molecule has 0 aliphatic rings. The Kier molecular flexibility index (Phi) is 3.19. The van der Waals surface area contributed by atoms with E-state index in [9.17, 15) is 13.2 Å². The van der Waals surface area contributed by atoms with Crippen LogP contribution in [0.15, 0.2) is 17.0 Å². The molecule has 0 amide bonds. The second kappa shape index (κ2) is 3.88. The van der Waals surface area contributed by atoms with Crippen molar-refractivity contribution in [1.82, 2.24) is 0 Å². The van der Waals surface area contributed by atoms with Crippen LogP contribution in [0.2, 0.25) is 10.0 Å². The molecule has 0 aliphatic heterocycles. The van der Waals surface area contributed by atoms with E-state index in [-0.39, 0.29) is 20.5 Å². The lowest BCUT2D eigenvalue weighted by atomic mass is 10.2. The van der Waals surface area contributed by atoms with Crippen LogP contribution in [0, 0.1) is 0 Å². The minimum absolute atomic E-state index is 0.0691. The number of halogens is 2. The number of hydrogen-bond acceptors (Lipinski definition) is 3. The van der Waals surface area contributed by atoms with Gasteiger partial charge in [-0.1, -0.05) is 23.2 Å². The molecule has 6 heteroatoms. The van der Waals surface area contributed by atoms with Crippen molar-refractivity contribution in [3.05, 3.63) is 27.7 Å². The second-order valence-corrected chi connectivity index (χ2v) is 5.50. The van der Waals surface area contributed by atoms with Crippen LogP contribution < -0.4 is 0 Å². The van der Waals surface area contributed by atoms with E-state index >= 15 is 0 Å². The van der Waals surface area contributed by atoms with E-state index in [4.69, 9.17) is 23.2 Å². The van der Waals surface area contributed by atoms with Crippen LogP contribution in [0.1, 0.15) is 10.4 Å². The normalized spacial score (nSPS) is 11.4. The third kappa shape index (κ3) is 2.26. The molecule has 14 heavy (non-hydrogen) atoms. The maximum atomic E-state index is 11.2. The van der Waals surface area contributed by atoms with Crippen LogP contribution in [0.3, 0.4) is 0 Å². The third-order valence-electron chi connectivity index (χ3n) is 1.56. The van der Waals surface area contributed by atoms with Crippen molar-refractivity contribution in [3.8, 4) is 0 Å². The summed E-state index contributed by atoms with van der Waals surface area (Å²) in [5, 5.41) is 0.0730. The summed E-state index contributed by atoms with van der Waals surface area (Å²) in [5.41, 5.74) is 0.0691. The predicted molar refractivity (Wildman–Crippen MR) is 55.0 cm³/mol. The van der Waals surface area contributed by atoms with Crippen molar-refractivity contribution < 1.29 is 13.2 Å². The molecule has 0 radical (unpaired) electrons. The van der Waals surface area contributed by atoms with Crippen molar-refractivity contribution in [1.29, 1.82) is 0 Å². The van der Waals surface area contributed by atoms with Crippen molar-refractivity contribution in [2.75, 3.05) is 6.26 Å². The zero-order valence-electron chi connectivity index (χ0n) is 7.12. The van der Waals surface area contributed by atoms with E-state index in [1.54, 1.807) is 0 Å². The van der Waals surface area contributed by atoms with Crippen molar-refractivity contribution >= 4 is 39.3 Å². The maximum absolute atomic E-state index is 11.2. The van der Waals surface area contributed by atoms with E-state index in [0.717, 1.165) is 6.26 Å². The average Bonchev–Trinajstić information content (AvgIpc) is 2.06. The first-order valence-corrected chi connectivity index (χ1v) is 6.15. The largest absolute Gasteiger partial charge is 0.298 e. The van der Waals surface area contributed by atoms with Crippen LogP contribution in [0.25, 0.3) is 0 Å². The molecule has 0 spiro atoms. The molecule has 0 aliphatic carbocycles. The highest BCUT2D eigenvalue weighted by Crippen LogP contribution is 2.28. The number of carbonyl (C=O) groups is 1. The van der Waals surface area contributed by atoms with Gasteiger partial charge in [0.15, 0.2) is 16.1 Å². The molecule has 0 bridgehead atoms. The average molecular weight is 253 g/mol. The summed E-state index contributed by atoms with van der Waals surface area (Å²) < 4.78 is 22.4. The number of benzene rings is 1. The summed E-state index contributed by atoms with van der Waals surface area (Å²) in [6, 6.07) is 2.53. The van der Waals surface area contributed by atoms with Gasteiger partial charge in [0, 0.05) is 16.8 Å². The molecular weight excluding hydrogens is 247 g/mol. The summed E-state index contributed by atoms with van der Waals surface area (Å²) >= 11 is 11.3. The molecule has 0 unspecified atom stereocenters. The van der Waals surface area contributed by atoms with Crippen LogP contribution >= 0.6 is 23.2 Å². The Morgan fingerprint density at radius 3 is 2.29 bits per heavy atom. The van der Waals surface area contributed by atoms with Gasteiger partial charge in [-0.2, -0.15) is 0 Å². The third-order valence-corrected chi connectivity index (χ3v) is 3.43. The second-order valence-electron chi connectivity index (χ2n) is 2.70. The number of carbonyl (C=O) groups excluding carboxylic acids is 1. The fourth-order valence-electron chi connectivity index (χ4n) is 0.940. The SMILES string of the molecule is CS(=O)(=O)c1cc(Cl)cc(C=O)c1Cl. The van der Waals surface area contributed by atoms with Gasteiger partial charge in [-0.25, -0.2) is 8.42 Å². The first-order valence-electron chi connectivity index (χ1n) is 3.50. The van der Waals surface area contributed by atoms with Gasteiger partial charge in [-0.3, -0.25) is 4.79 Å². The lowest BCUT2D eigenvalue weighted by Gasteiger charge is -2.04. The summed E-state index contributed by atoms with van der Waals surface area (Å²) in [6.45, 7) is 0. The monoisotopic (exact) mass is 252 g/mol. The van der Waals surface area contributed by atoms with Crippen LogP contribution in [-0.4, -0.2) is 21.0 Å². The maximum Gasteiger partial charge on any atom is 0.177 e. The van der Waals surface area contributed by atoms with Gasteiger partial charge in [0.1, 0.15) is 0 Å². The lowest BCUT2D eigenvalue weighted by Crippen LogP contribution is -2.00. The lowest BCUT2D eigenvalue weighted by molar-refractivity contribution is 0.112. The van der Waals surface area contributed by atoms with E-state index in [1.165, 1.54) is 12.1 Å². The van der Waals surface area contributed by atoms with Crippen LogP contribution in [0.5, 0.6) is 0 Å². The quantitative estimate of drug-likeness (QED) is 0.759. The fraction of sp³-hybridized carbons (Fsp3) is 0.125. The first kappa shape index (κ1) is 11.5. The van der Waals surface area contributed by atoms with Gasteiger partial charge in [0.2, 0.25) is 0 Å². The fourth-order valence-corrected chi connectivity index (χ4v) is 2.59. The molecule has 1 aromatic rings. The van der Waals surface area contributed by atoms with Crippen LogP contribution in [-0.2, 0) is 9.84 Å². The summed E-state index contributed by atoms with van der Waals surface area (Å²) in [7, 11) is -3.46. The van der Waals surface area contributed by atoms with Crippen molar-refractivity contribution in [2.24, 2.45) is 0 Å². The molecule has 3 nitrogen and oxygen atoms in total. The highest BCUT2D eigenvalue weighted by Gasteiger charge is 2.16. The van der Waals surface area contributed by atoms with E-state index in [1.807, 2.05) is 0 Å². The summed E-state index contributed by atoms with van der Waals surface area (Å²) in [4.78, 5) is 10.4. The topological polar surface area (TPSA) is 51.2 Å². The molecule has 0 atom stereocenters. The van der Waals surface area contributed by atoms with Crippen molar-refractivity contribution in [3.63, 3.8) is 0 Å². The Morgan fingerprint density at radius 2 is 1.86 bits per heavy atom. The Balaban J connectivity index is 3.61. The summed E-state index contributed by atoms with van der Waals surface area (Å²) in [5.74, 6) is 0. The van der Waals surface area contributed by atoms with Gasteiger partial charge in [0.25, 0.3) is 0 Å². The van der Waals surface area contributed by atoms with E-state index in [2.05, 4.69) is 0 Å². The molecule has 0 saturated carbocycles. The molecule has 0 heterocycles. The summed E-state index contributed by atoms with van der Waals surface area (Å²) in [6.07, 6.45) is 1.46. The predicted octanol–water partition coefficient (Wildman–Crippen LogP) is 2.21. The Bertz CT molecular complexity index is 480. The van der Waals surface area contributed by atoms with E-state index in [0.29, 0.717) is 6.29 Å². The molecule has 0 saturated heterocycles. The van der Waals surface area contributed by atoms with Crippen molar-refractivity contribution in [2.45, 2.75) is 4.90 Å². The molecule has 0 aromatic heterocycles. The smallest absolute Gasteiger partial charge is 0.177 e. The van der Waals surface area contributed by atoms with Gasteiger partial charge < -0.3 is 0 Å². The highest BCUT2D eigenvalue weighted by atomic mass is 35.5. The highest BCUT2D eigenvalue weighted by molar-refractivity contribution is 7.90. The number of rotatable bonds is 2. The molecule has 76 valence electrons. The van der Waals surface area contributed by atoms with Gasteiger partial charge in [-0.15, -0.1) is 0 Å². The molecule has 0 fully saturated rings. The first-order chi connectivity index (χ1) is 6.36. The number of hydrogen-bond donors (Lipinski definition) is 0. The van der Waals surface area contributed by atoms with Gasteiger partial charge >= 0.3 is 0 Å². The Hall–Kier alpha value is -0.580. The number of sulfone groups is 1. The Labute approximate surface area is 91.6 Å². The zero-order chi connectivity index (χ0) is 10.9. The molecule has 0 N–H and O–H groups in total. The zero-order valence-corrected chi connectivity index (χ0v) is 9.45. The minimum Gasteiger partial charge on any atom is -0.298 e.